The summed E-state index contributed by atoms with van der Waals surface area (Å²) in [5.74, 6) is 1.69. The maximum Gasteiger partial charge on any atom is 0.573 e. The standard InChI is InChI=1S/C18H21F3N4O2/c1-11(2)16-22-17(24(3)23-16)13-9-25(10-13)15(26)8-12-4-6-14(7-5-12)27-18(19,20)21/h4-7,11,13H,8-10H2,1-3H3. The molecule has 6 nitrogen and oxygen atoms in total. The maximum atomic E-state index is 12.4. The molecule has 2 heterocycles. The van der Waals surface area contributed by atoms with Crippen molar-refractivity contribution in [2.75, 3.05) is 13.1 Å². The van der Waals surface area contributed by atoms with E-state index < -0.39 is 6.36 Å². The van der Waals surface area contributed by atoms with Gasteiger partial charge in [-0.3, -0.25) is 9.48 Å². The van der Waals surface area contributed by atoms with Gasteiger partial charge in [-0.25, -0.2) is 4.98 Å². The summed E-state index contributed by atoms with van der Waals surface area (Å²) in [6, 6.07) is 5.35. The predicted molar refractivity (Wildman–Crippen MR) is 91.2 cm³/mol. The maximum absolute atomic E-state index is 12.4. The topological polar surface area (TPSA) is 60.3 Å². The van der Waals surface area contributed by atoms with Crippen molar-refractivity contribution in [1.29, 1.82) is 0 Å². The molecule has 0 unspecified atom stereocenters. The van der Waals surface area contributed by atoms with Crippen molar-refractivity contribution in [3.05, 3.63) is 41.5 Å². The highest BCUT2D eigenvalue weighted by Crippen LogP contribution is 2.28. The number of aromatic nitrogens is 3. The Kier molecular flexibility index (Phi) is 5.12. The second-order valence-electron chi connectivity index (χ2n) is 6.97. The van der Waals surface area contributed by atoms with Gasteiger partial charge >= 0.3 is 6.36 Å². The number of ether oxygens (including phenoxy) is 1. The number of likely N-dealkylation sites (tertiary alicyclic amines) is 1. The highest BCUT2D eigenvalue weighted by atomic mass is 19.4. The molecule has 9 heteroatoms. The lowest BCUT2D eigenvalue weighted by molar-refractivity contribution is -0.274. The Bertz CT molecular complexity index is 809. The van der Waals surface area contributed by atoms with Crippen LogP contribution in [0.2, 0.25) is 0 Å². The third kappa shape index (κ3) is 4.58. The fourth-order valence-electron chi connectivity index (χ4n) is 2.96. The molecule has 0 atom stereocenters. The number of hydrogen-bond acceptors (Lipinski definition) is 4. The summed E-state index contributed by atoms with van der Waals surface area (Å²) in [6.07, 6.45) is -4.59. The van der Waals surface area contributed by atoms with Crippen LogP contribution in [0.1, 0.15) is 42.9 Å². The van der Waals surface area contributed by atoms with E-state index in [0.717, 1.165) is 11.6 Å². The van der Waals surface area contributed by atoms with E-state index in [1.54, 1.807) is 9.58 Å². The Balaban J connectivity index is 1.53. The molecule has 1 aliphatic heterocycles. The van der Waals surface area contributed by atoms with Gasteiger partial charge in [0.2, 0.25) is 5.91 Å². The van der Waals surface area contributed by atoms with E-state index in [0.29, 0.717) is 18.7 Å². The number of hydrogen-bond donors (Lipinski definition) is 0. The monoisotopic (exact) mass is 382 g/mol. The number of halogens is 3. The van der Waals surface area contributed by atoms with Crippen LogP contribution in [-0.2, 0) is 18.3 Å². The summed E-state index contributed by atoms with van der Waals surface area (Å²) in [5.41, 5.74) is 0.638. The van der Waals surface area contributed by atoms with E-state index >= 15 is 0 Å². The zero-order valence-corrected chi connectivity index (χ0v) is 15.3. The van der Waals surface area contributed by atoms with Gasteiger partial charge in [0.1, 0.15) is 11.6 Å². The Morgan fingerprint density at radius 2 is 1.89 bits per heavy atom. The highest BCUT2D eigenvalue weighted by molar-refractivity contribution is 5.79. The largest absolute Gasteiger partial charge is 0.573 e. The van der Waals surface area contributed by atoms with E-state index in [4.69, 9.17) is 0 Å². The SMILES string of the molecule is CC(C)c1nc(C2CN(C(=O)Cc3ccc(OC(F)(F)F)cc3)C2)n(C)n1. The number of alkyl halides is 3. The molecule has 1 saturated heterocycles. The zero-order valence-electron chi connectivity index (χ0n) is 15.3. The van der Waals surface area contributed by atoms with Gasteiger partial charge in [-0.1, -0.05) is 26.0 Å². The van der Waals surface area contributed by atoms with Crippen LogP contribution < -0.4 is 4.74 Å². The first-order valence-electron chi connectivity index (χ1n) is 8.65. The molecule has 0 bridgehead atoms. The predicted octanol–water partition coefficient (Wildman–Crippen LogP) is 3.01. The minimum absolute atomic E-state index is 0.0676. The Hall–Kier alpha value is -2.58. The summed E-state index contributed by atoms with van der Waals surface area (Å²) < 4.78 is 42.1. The van der Waals surface area contributed by atoms with Crippen LogP contribution in [0.15, 0.2) is 24.3 Å². The van der Waals surface area contributed by atoms with Gasteiger partial charge in [-0.15, -0.1) is 13.2 Å². The van der Waals surface area contributed by atoms with Crippen LogP contribution in [0.5, 0.6) is 5.75 Å². The van der Waals surface area contributed by atoms with Gasteiger partial charge in [0, 0.05) is 26.1 Å². The van der Waals surface area contributed by atoms with Gasteiger partial charge in [0.25, 0.3) is 0 Å². The molecule has 1 aromatic carbocycles. The first-order chi connectivity index (χ1) is 12.6. The lowest BCUT2D eigenvalue weighted by atomic mass is 9.98. The zero-order chi connectivity index (χ0) is 19.8. The number of nitrogens with zero attached hydrogens (tertiary/aromatic N) is 4. The van der Waals surface area contributed by atoms with Crippen LogP contribution in [0.3, 0.4) is 0 Å². The number of carbonyl (C=O) groups is 1. The van der Waals surface area contributed by atoms with E-state index in [9.17, 15) is 18.0 Å². The van der Waals surface area contributed by atoms with Crippen molar-refractivity contribution < 1.29 is 22.7 Å². The average molecular weight is 382 g/mol. The van der Waals surface area contributed by atoms with Crippen molar-refractivity contribution >= 4 is 5.91 Å². The summed E-state index contributed by atoms with van der Waals surface area (Å²) in [7, 11) is 1.85. The summed E-state index contributed by atoms with van der Waals surface area (Å²) in [5, 5.41) is 4.39. The minimum Gasteiger partial charge on any atom is -0.406 e. The van der Waals surface area contributed by atoms with Crippen molar-refractivity contribution in [2.24, 2.45) is 7.05 Å². The van der Waals surface area contributed by atoms with Crippen LogP contribution in [-0.4, -0.2) is 45.0 Å². The molecule has 2 aromatic rings. The fourth-order valence-corrected chi connectivity index (χ4v) is 2.96. The molecule has 0 radical (unpaired) electrons. The van der Waals surface area contributed by atoms with Crippen molar-refractivity contribution in [3.8, 4) is 5.75 Å². The number of benzene rings is 1. The minimum atomic E-state index is -4.72. The second kappa shape index (κ2) is 7.21. The summed E-state index contributed by atoms with van der Waals surface area (Å²) >= 11 is 0. The fraction of sp³-hybridized carbons (Fsp3) is 0.500. The molecule has 0 aliphatic carbocycles. The third-order valence-corrected chi connectivity index (χ3v) is 4.44. The van der Waals surface area contributed by atoms with Gasteiger partial charge in [0.15, 0.2) is 5.82 Å². The molecular formula is C18H21F3N4O2. The first-order valence-corrected chi connectivity index (χ1v) is 8.65. The highest BCUT2D eigenvalue weighted by Gasteiger charge is 2.35. The molecule has 0 spiro atoms. The molecule has 1 fully saturated rings. The molecule has 27 heavy (non-hydrogen) atoms. The van der Waals surface area contributed by atoms with Crippen LogP contribution >= 0.6 is 0 Å². The van der Waals surface area contributed by atoms with E-state index in [1.807, 2.05) is 20.9 Å². The van der Waals surface area contributed by atoms with E-state index in [2.05, 4.69) is 14.8 Å². The van der Waals surface area contributed by atoms with Gasteiger partial charge in [-0.05, 0) is 17.7 Å². The molecule has 146 valence electrons. The number of aryl methyl sites for hydroxylation is 1. The normalized spacial score (nSPS) is 15.1. The average Bonchev–Trinajstić information content (AvgIpc) is 2.88. The molecular weight excluding hydrogens is 361 g/mol. The lowest BCUT2D eigenvalue weighted by Crippen LogP contribution is -2.49. The summed E-state index contributed by atoms with van der Waals surface area (Å²) in [4.78, 5) is 18.6. The van der Waals surface area contributed by atoms with Crippen LogP contribution in [0.4, 0.5) is 13.2 Å². The van der Waals surface area contributed by atoms with Crippen LogP contribution in [0, 0.1) is 0 Å². The summed E-state index contributed by atoms with van der Waals surface area (Å²) in [6.45, 7) is 5.19. The quantitative estimate of drug-likeness (QED) is 0.798. The molecule has 1 aliphatic rings. The van der Waals surface area contributed by atoms with E-state index in [1.165, 1.54) is 24.3 Å². The smallest absolute Gasteiger partial charge is 0.406 e. The van der Waals surface area contributed by atoms with Gasteiger partial charge < -0.3 is 9.64 Å². The Morgan fingerprint density at radius 1 is 1.26 bits per heavy atom. The first kappa shape index (κ1) is 19.2. The Labute approximate surface area is 154 Å². The number of amides is 1. The molecule has 1 aromatic heterocycles. The number of rotatable bonds is 5. The Morgan fingerprint density at radius 3 is 2.41 bits per heavy atom. The second-order valence-corrected chi connectivity index (χ2v) is 6.97. The molecule has 0 saturated carbocycles. The lowest BCUT2D eigenvalue weighted by Gasteiger charge is -2.38. The molecule has 3 rings (SSSR count). The van der Waals surface area contributed by atoms with Gasteiger partial charge in [-0.2, -0.15) is 5.10 Å². The van der Waals surface area contributed by atoms with E-state index in [-0.39, 0.29) is 29.9 Å². The molecule has 0 N–H and O–H groups in total. The van der Waals surface area contributed by atoms with Crippen molar-refractivity contribution in [3.63, 3.8) is 0 Å². The van der Waals surface area contributed by atoms with Gasteiger partial charge in [0.05, 0.1) is 12.3 Å². The molecule has 1 amide bonds. The van der Waals surface area contributed by atoms with Crippen LogP contribution in [0.25, 0.3) is 0 Å². The third-order valence-electron chi connectivity index (χ3n) is 4.44. The number of carbonyl (C=O) groups excluding carboxylic acids is 1. The van der Waals surface area contributed by atoms with Crippen molar-refractivity contribution in [2.45, 2.75) is 38.5 Å². The van der Waals surface area contributed by atoms with Crippen molar-refractivity contribution in [1.82, 2.24) is 19.7 Å².